The van der Waals surface area contributed by atoms with Gasteiger partial charge in [-0.2, -0.15) is 13.2 Å². The van der Waals surface area contributed by atoms with Crippen LogP contribution in [0, 0.1) is 6.92 Å². The molecule has 0 spiro atoms. The van der Waals surface area contributed by atoms with Crippen LogP contribution in [0.1, 0.15) is 17.1 Å². The quantitative estimate of drug-likeness (QED) is 0.507. The molecule has 0 N–H and O–H groups in total. The van der Waals surface area contributed by atoms with Gasteiger partial charge in [-0.1, -0.05) is 11.6 Å². The van der Waals surface area contributed by atoms with Crippen molar-refractivity contribution in [1.82, 2.24) is 34.5 Å². The molecule has 196 valence electrons. The summed E-state index contributed by atoms with van der Waals surface area (Å²) in [7, 11) is 0. The Hall–Kier alpha value is -2.96. The smallest absolute Gasteiger partial charge is 0.352 e. The van der Waals surface area contributed by atoms with Crippen LogP contribution in [0.15, 0.2) is 30.6 Å². The molecule has 2 fully saturated rings. The van der Waals surface area contributed by atoms with Crippen molar-refractivity contribution in [3.63, 3.8) is 0 Å². The Labute approximate surface area is 217 Å². The second-order valence-electron chi connectivity index (χ2n) is 9.89. The molecule has 13 heteroatoms. The number of nitrogens with zero attached hydrogens (tertiary/aromatic N) is 9. The highest BCUT2D eigenvalue weighted by Crippen LogP contribution is 2.33. The summed E-state index contributed by atoms with van der Waals surface area (Å²) in [6.45, 7) is 5.94. The Morgan fingerprint density at radius 3 is 2.49 bits per heavy atom. The summed E-state index contributed by atoms with van der Waals surface area (Å²) in [6, 6.07) is 5.78. The first-order valence-electron chi connectivity index (χ1n) is 12.3. The number of likely N-dealkylation sites (tertiary alicyclic amines) is 1. The Morgan fingerprint density at radius 1 is 1.00 bits per heavy atom. The number of aryl methyl sites for hydroxylation is 1. The molecular weight excluding hydrogens is 507 g/mol. The highest BCUT2D eigenvalue weighted by molar-refractivity contribution is 6.30. The number of hydrogen-bond donors (Lipinski definition) is 0. The number of aromatic nitrogens is 5. The molecule has 2 aromatic heterocycles. The van der Waals surface area contributed by atoms with Crippen LogP contribution < -0.4 is 9.80 Å². The lowest BCUT2D eigenvalue weighted by Crippen LogP contribution is -2.60. The van der Waals surface area contributed by atoms with Crippen molar-refractivity contribution in [2.24, 2.45) is 0 Å². The van der Waals surface area contributed by atoms with Crippen molar-refractivity contribution in [2.45, 2.75) is 32.2 Å². The Morgan fingerprint density at radius 2 is 1.76 bits per heavy atom. The van der Waals surface area contributed by atoms with Gasteiger partial charge in [0, 0.05) is 63.1 Å². The monoisotopic (exact) mass is 533 g/mol. The molecule has 6 rings (SSSR count). The molecule has 0 aliphatic carbocycles. The van der Waals surface area contributed by atoms with Crippen molar-refractivity contribution < 1.29 is 13.2 Å². The number of piperazine rings is 1. The van der Waals surface area contributed by atoms with Gasteiger partial charge in [0.1, 0.15) is 5.82 Å². The van der Waals surface area contributed by atoms with Crippen molar-refractivity contribution in [1.29, 1.82) is 0 Å². The SMILES string of the molecule is Cc1cncc(N2CCN(c3nnc4n3-c3ccc(Cl)cc3CN(C3CN(CC(F)(F)F)C3)C4)CC2)n1. The third kappa shape index (κ3) is 4.97. The molecule has 0 unspecified atom stereocenters. The number of halogens is 4. The van der Waals surface area contributed by atoms with Gasteiger partial charge in [0.2, 0.25) is 5.95 Å². The molecule has 37 heavy (non-hydrogen) atoms. The first-order valence-corrected chi connectivity index (χ1v) is 12.7. The van der Waals surface area contributed by atoms with Gasteiger partial charge in [-0.3, -0.25) is 19.4 Å². The van der Waals surface area contributed by atoms with Gasteiger partial charge in [0.15, 0.2) is 5.82 Å². The van der Waals surface area contributed by atoms with Gasteiger partial charge in [-0.15, -0.1) is 10.2 Å². The van der Waals surface area contributed by atoms with E-state index in [1.54, 1.807) is 12.4 Å². The van der Waals surface area contributed by atoms with E-state index in [-0.39, 0.29) is 6.04 Å². The van der Waals surface area contributed by atoms with Crippen LogP contribution in [-0.4, -0.2) is 92.6 Å². The predicted molar refractivity (Wildman–Crippen MR) is 133 cm³/mol. The van der Waals surface area contributed by atoms with E-state index < -0.39 is 12.7 Å². The minimum atomic E-state index is -4.19. The number of rotatable bonds is 4. The minimum absolute atomic E-state index is 0.0138. The van der Waals surface area contributed by atoms with Crippen LogP contribution in [-0.2, 0) is 13.1 Å². The summed E-state index contributed by atoms with van der Waals surface area (Å²) in [5.41, 5.74) is 2.85. The third-order valence-electron chi connectivity index (χ3n) is 7.20. The molecule has 0 atom stereocenters. The molecule has 0 bridgehead atoms. The van der Waals surface area contributed by atoms with E-state index in [0.29, 0.717) is 31.2 Å². The van der Waals surface area contributed by atoms with E-state index in [1.165, 1.54) is 4.90 Å². The fourth-order valence-electron chi connectivity index (χ4n) is 5.37. The topological polar surface area (TPSA) is 69.5 Å². The average molecular weight is 534 g/mol. The van der Waals surface area contributed by atoms with E-state index in [4.69, 9.17) is 11.6 Å². The molecule has 3 aliphatic heterocycles. The number of benzene rings is 1. The first-order chi connectivity index (χ1) is 17.7. The van der Waals surface area contributed by atoms with Crippen LogP contribution in [0.2, 0.25) is 5.02 Å². The Bertz CT molecular complexity index is 1280. The molecule has 0 amide bonds. The molecule has 1 aromatic carbocycles. The van der Waals surface area contributed by atoms with Crippen molar-refractivity contribution in [3.05, 3.63) is 52.7 Å². The maximum absolute atomic E-state index is 12.8. The lowest BCUT2D eigenvalue weighted by atomic mass is 10.1. The number of fused-ring (bicyclic) bond motifs is 3. The highest BCUT2D eigenvalue weighted by Gasteiger charge is 2.40. The van der Waals surface area contributed by atoms with Crippen molar-refractivity contribution in [2.75, 3.05) is 55.6 Å². The minimum Gasteiger partial charge on any atom is -0.352 e. The Balaban J connectivity index is 1.23. The standard InChI is InChI=1S/C24H27ClF3N9/c1-16-9-29-10-21(30-16)34-4-6-35(7-5-34)23-32-31-22-14-36(19-12-33(13-19)15-24(26,27)28)11-17-8-18(25)2-3-20(17)37(22)23/h2-3,8-10,19H,4-7,11-15H2,1H3. The zero-order valence-electron chi connectivity index (χ0n) is 20.4. The second-order valence-corrected chi connectivity index (χ2v) is 10.3. The van der Waals surface area contributed by atoms with Crippen LogP contribution >= 0.6 is 11.6 Å². The third-order valence-corrected chi connectivity index (χ3v) is 7.43. The average Bonchev–Trinajstić information content (AvgIpc) is 3.16. The van der Waals surface area contributed by atoms with E-state index in [1.807, 2.05) is 25.1 Å². The lowest BCUT2D eigenvalue weighted by molar-refractivity contribution is -0.161. The largest absolute Gasteiger partial charge is 0.401 e. The van der Waals surface area contributed by atoms with Gasteiger partial charge in [-0.25, -0.2) is 4.98 Å². The number of hydrogen-bond acceptors (Lipinski definition) is 8. The second kappa shape index (κ2) is 9.41. The van der Waals surface area contributed by atoms with Gasteiger partial charge in [0.05, 0.1) is 30.7 Å². The lowest BCUT2D eigenvalue weighted by Gasteiger charge is -2.45. The van der Waals surface area contributed by atoms with Crippen LogP contribution in [0.3, 0.4) is 0 Å². The van der Waals surface area contributed by atoms with Crippen LogP contribution in [0.25, 0.3) is 5.69 Å². The molecule has 3 aromatic rings. The fourth-order valence-corrected chi connectivity index (χ4v) is 5.56. The van der Waals surface area contributed by atoms with E-state index in [9.17, 15) is 13.2 Å². The molecule has 0 radical (unpaired) electrons. The molecule has 5 heterocycles. The van der Waals surface area contributed by atoms with Gasteiger partial charge in [0.25, 0.3) is 0 Å². The number of alkyl halides is 3. The molecular formula is C24H27ClF3N9. The summed E-state index contributed by atoms with van der Waals surface area (Å²) in [5.74, 6) is 2.41. The van der Waals surface area contributed by atoms with Gasteiger partial charge < -0.3 is 9.80 Å². The maximum atomic E-state index is 12.8. The van der Waals surface area contributed by atoms with Crippen molar-refractivity contribution >= 4 is 23.4 Å². The first kappa shape index (κ1) is 24.4. The zero-order chi connectivity index (χ0) is 25.7. The number of anilines is 2. The van der Waals surface area contributed by atoms with Crippen molar-refractivity contribution in [3.8, 4) is 5.69 Å². The van der Waals surface area contributed by atoms with Gasteiger partial charge >= 0.3 is 6.18 Å². The van der Waals surface area contributed by atoms with Gasteiger partial charge in [-0.05, 0) is 30.7 Å². The summed E-state index contributed by atoms with van der Waals surface area (Å²) in [5, 5.41) is 9.73. The normalized spacial score (nSPS) is 19.4. The van der Waals surface area contributed by atoms with E-state index in [2.05, 4.69) is 39.4 Å². The van der Waals surface area contributed by atoms with Crippen LogP contribution in [0.5, 0.6) is 0 Å². The van der Waals surface area contributed by atoms with E-state index >= 15 is 0 Å². The Kier molecular flexibility index (Phi) is 6.20. The summed E-state index contributed by atoms with van der Waals surface area (Å²) >= 11 is 6.36. The molecule has 2 saturated heterocycles. The fraction of sp³-hybridized carbons (Fsp3) is 0.500. The highest BCUT2D eigenvalue weighted by atomic mass is 35.5. The molecule has 0 saturated carbocycles. The zero-order valence-corrected chi connectivity index (χ0v) is 21.1. The summed E-state index contributed by atoms with van der Waals surface area (Å²) < 4.78 is 40.5. The maximum Gasteiger partial charge on any atom is 0.401 e. The molecule has 3 aliphatic rings. The van der Waals surface area contributed by atoms with E-state index in [0.717, 1.165) is 60.7 Å². The summed E-state index contributed by atoms with van der Waals surface area (Å²) in [6.07, 6.45) is -0.652. The van der Waals surface area contributed by atoms with Crippen LogP contribution in [0.4, 0.5) is 24.9 Å². The predicted octanol–water partition coefficient (Wildman–Crippen LogP) is 2.91. The summed E-state index contributed by atoms with van der Waals surface area (Å²) in [4.78, 5) is 16.9. The molecule has 9 nitrogen and oxygen atoms in total.